The fraction of sp³-hybridized carbons (Fsp3) is 0.250. The van der Waals surface area contributed by atoms with Gasteiger partial charge in [-0.05, 0) is 54.4 Å². The Hall–Kier alpha value is -1.85. The molecule has 2 heterocycles. The molecule has 3 rings (SSSR count). The molecule has 0 atom stereocenters. The summed E-state index contributed by atoms with van der Waals surface area (Å²) in [5, 5.41) is 8.30. The first kappa shape index (κ1) is 15.1. The highest BCUT2D eigenvalue weighted by Crippen LogP contribution is 2.29. The minimum Gasteiger partial charge on any atom is -0.461 e. The van der Waals surface area contributed by atoms with Gasteiger partial charge in [0.25, 0.3) is 0 Å². The van der Waals surface area contributed by atoms with Crippen LogP contribution in [0.15, 0.2) is 29.6 Å². The standard InChI is InChI=1S/C16H15ClN2O2S/c1-3-21-16(20)14-6-10(2)19(18-14)8-11-9-22-15-5-4-12(17)7-13(11)15/h4-7,9H,3,8H2,1-2H3. The average Bonchev–Trinajstić information content (AvgIpc) is 3.04. The topological polar surface area (TPSA) is 44.1 Å². The third kappa shape index (κ3) is 2.87. The molecule has 0 bridgehead atoms. The SMILES string of the molecule is CCOC(=O)c1cc(C)n(Cc2csc3ccc(Cl)cc23)n1. The van der Waals surface area contributed by atoms with Crippen LogP contribution in [-0.2, 0) is 11.3 Å². The zero-order valence-electron chi connectivity index (χ0n) is 12.3. The van der Waals surface area contributed by atoms with E-state index in [2.05, 4.69) is 10.5 Å². The smallest absolute Gasteiger partial charge is 0.358 e. The van der Waals surface area contributed by atoms with Crippen LogP contribution in [0.4, 0.5) is 0 Å². The molecule has 0 aliphatic rings. The quantitative estimate of drug-likeness (QED) is 0.669. The molecule has 4 nitrogen and oxygen atoms in total. The van der Waals surface area contributed by atoms with E-state index in [1.54, 1.807) is 24.3 Å². The van der Waals surface area contributed by atoms with Crippen molar-refractivity contribution in [3.8, 4) is 0 Å². The molecule has 1 aromatic carbocycles. The van der Waals surface area contributed by atoms with Crippen LogP contribution in [0, 0.1) is 6.92 Å². The Bertz CT molecular complexity index is 838. The van der Waals surface area contributed by atoms with Gasteiger partial charge in [0.15, 0.2) is 5.69 Å². The number of rotatable bonds is 4. The second kappa shape index (κ2) is 6.10. The molecule has 22 heavy (non-hydrogen) atoms. The highest BCUT2D eigenvalue weighted by atomic mass is 35.5. The second-order valence-electron chi connectivity index (χ2n) is 4.95. The summed E-state index contributed by atoms with van der Waals surface area (Å²) < 4.78 is 7.99. The first-order chi connectivity index (χ1) is 10.6. The Morgan fingerprint density at radius 1 is 1.41 bits per heavy atom. The fourth-order valence-corrected chi connectivity index (χ4v) is 3.42. The maximum absolute atomic E-state index is 11.8. The number of aryl methyl sites for hydroxylation is 1. The molecule has 0 unspecified atom stereocenters. The molecule has 2 aromatic heterocycles. The molecule has 0 spiro atoms. The monoisotopic (exact) mass is 334 g/mol. The van der Waals surface area contributed by atoms with Gasteiger partial charge in [-0.2, -0.15) is 5.10 Å². The molecular weight excluding hydrogens is 320 g/mol. The van der Waals surface area contributed by atoms with E-state index in [9.17, 15) is 4.79 Å². The normalized spacial score (nSPS) is 11.0. The van der Waals surface area contributed by atoms with Gasteiger partial charge in [-0.3, -0.25) is 4.68 Å². The number of hydrogen-bond donors (Lipinski definition) is 0. The van der Waals surface area contributed by atoms with Crippen molar-refractivity contribution in [2.45, 2.75) is 20.4 Å². The number of halogens is 1. The second-order valence-corrected chi connectivity index (χ2v) is 6.30. The van der Waals surface area contributed by atoms with Crippen molar-refractivity contribution in [1.82, 2.24) is 9.78 Å². The Kier molecular flexibility index (Phi) is 4.18. The molecule has 0 aliphatic carbocycles. The lowest BCUT2D eigenvalue weighted by atomic mass is 10.2. The van der Waals surface area contributed by atoms with Gasteiger partial charge >= 0.3 is 5.97 Å². The van der Waals surface area contributed by atoms with Gasteiger partial charge in [-0.25, -0.2) is 4.79 Å². The highest BCUT2D eigenvalue weighted by molar-refractivity contribution is 7.17. The predicted octanol–water partition coefficient (Wildman–Crippen LogP) is 4.28. The van der Waals surface area contributed by atoms with E-state index in [-0.39, 0.29) is 5.97 Å². The number of carbonyl (C=O) groups excluding carboxylic acids is 1. The predicted molar refractivity (Wildman–Crippen MR) is 88.9 cm³/mol. The average molecular weight is 335 g/mol. The maximum Gasteiger partial charge on any atom is 0.358 e. The van der Waals surface area contributed by atoms with Gasteiger partial charge in [-0.1, -0.05) is 11.6 Å². The zero-order chi connectivity index (χ0) is 15.7. The number of aromatic nitrogens is 2. The van der Waals surface area contributed by atoms with Crippen molar-refractivity contribution in [2.75, 3.05) is 6.61 Å². The molecule has 0 saturated heterocycles. The van der Waals surface area contributed by atoms with Crippen LogP contribution < -0.4 is 0 Å². The van der Waals surface area contributed by atoms with Crippen LogP contribution in [0.3, 0.4) is 0 Å². The van der Waals surface area contributed by atoms with Gasteiger partial charge in [0, 0.05) is 15.4 Å². The number of nitrogens with zero attached hydrogens (tertiary/aromatic N) is 2. The van der Waals surface area contributed by atoms with Gasteiger partial charge < -0.3 is 4.74 Å². The summed E-state index contributed by atoms with van der Waals surface area (Å²) >= 11 is 7.76. The van der Waals surface area contributed by atoms with Gasteiger partial charge in [0.1, 0.15) is 0 Å². The third-order valence-electron chi connectivity index (χ3n) is 3.40. The Balaban J connectivity index is 1.92. The largest absolute Gasteiger partial charge is 0.461 e. The van der Waals surface area contributed by atoms with Crippen LogP contribution in [0.1, 0.15) is 28.7 Å². The summed E-state index contributed by atoms with van der Waals surface area (Å²) in [6, 6.07) is 7.63. The first-order valence-corrected chi connectivity index (χ1v) is 8.21. The molecular formula is C16H15ClN2O2S. The number of thiophene rings is 1. The summed E-state index contributed by atoms with van der Waals surface area (Å²) in [4.78, 5) is 11.8. The highest BCUT2D eigenvalue weighted by Gasteiger charge is 2.14. The van der Waals surface area contributed by atoms with Crippen LogP contribution in [0.2, 0.25) is 5.02 Å². The Morgan fingerprint density at radius 2 is 2.23 bits per heavy atom. The third-order valence-corrected chi connectivity index (χ3v) is 4.65. The van der Waals surface area contributed by atoms with Crippen LogP contribution in [-0.4, -0.2) is 22.4 Å². The number of ether oxygens (including phenoxy) is 1. The summed E-state index contributed by atoms with van der Waals surface area (Å²) in [7, 11) is 0. The van der Waals surface area contributed by atoms with E-state index in [4.69, 9.17) is 16.3 Å². The minimum atomic E-state index is -0.387. The van der Waals surface area contributed by atoms with E-state index in [0.717, 1.165) is 21.7 Å². The molecule has 0 aliphatic heterocycles. The molecule has 3 aromatic rings. The molecule has 6 heteroatoms. The Morgan fingerprint density at radius 3 is 3.00 bits per heavy atom. The van der Waals surface area contributed by atoms with Crippen molar-refractivity contribution in [2.24, 2.45) is 0 Å². The number of hydrogen-bond acceptors (Lipinski definition) is 4. The lowest BCUT2D eigenvalue weighted by Crippen LogP contribution is -2.08. The van der Waals surface area contributed by atoms with Gasteiger partial charge in [-0.15, -0.1) is 11.3 Å². The number of benzene rings is 1. The summed E-state index contributed by atoms with van der Waals surface area (Å²) in [5.41, 5.74) is 2.41. The minimum absolute atomic E-state index is 0.344. The molecule has 0 saturated carbocycles. The summed E-state index contributed by atoms with van der Waals surface area (Å²) in [6.45, 7) is 4.66. The van der Waals surface area contributed by atoms with E-state index < -0.39 is 0 Å². The van der Waals surface area contributed by atoms with Crippen LogP contribution in [0.5, 0.6) is 0 Å². The van der Waals surface area contributed by atoms with E-state index in [1.165, 1.54) is 4.70 Å². The molecule has 114 valence electrons. The molecule has 0 fully saturated rings. The van der Waals surface area contributed by atoms with Crippen molar-refractivity contribution in [3.05, 3.63) is 51.6 Å². The van der Waals surface area contributed by atoms with E-state index in [0.29, 0.717) is 18.8 Å². The Labute approximate surface area is 137 Å². The molecule has 0 radical (unpaired) electrons. The van der Waals surface area contributed by atoms with Crippen molar-refractivity contribution in [1.29, 1.82) is 0 Å². The van der Waals surface area contributed by atoms with E-state index in [1.807, 2.05) is 29.8 Å². The number of esters is 1. The van der Waals surface area contributed by atoms with Crippen molar-refractivity contribution in [3.63, 3.8) is 0 Å². The van der Waals surface area contributed by atoms with Gasteiger partial charge in [0.05, 0.1) is 13.2 Å². The maximum atomic E-state index is 11.8. The summed E-state index contributed by atoms with van der Waals surface area (Å²) in [5.74, 6) is -0.387. The van der Waals surface area contributed by atoms with Crippen LogP contribution in [0.25, 0.3) is 10.1 Å². The lowest BCUT2D eigenvalue weighted by molar-refractivity contribution is 0.0518. The van der Waals surface area contributed by atoms with Crippen LogP contribution >= 0.6 is 22.9 Å². The van der Waals surface area contributed by atoms with Crippen molar-refractivity contribution < 1.29 is 9.53 Å². The van der Waals surface area contributed by atoms with Crippen molar-refractivity contribution >= 4 is 39.0 Å². The number of carbonyl (C=O) groups is 1. The van der Waals surface area contributed by atoms with E-state index >= 15 is 0 Å². The zero-order valence-corrected chi connectivity index (χ0v) is 13.9. The first-order valence-electron chi connectivity index (χ1n) is 6.95. The summed E-state index contributed by atoms with van der Waals surface area (Å²) in [6.07, 6.45) is 0. The fourth-order valence-electron chi connectivity index (χ4n) is 2.31. The van der Waals surface area contributed by atoms with Gasteiger partial charge in [0.2, 0.25) is 0 Å². The lowest BCUT2D eigenvalue weighted by Gasteiger charge is -2.04. The molecule has 0 N–H and O–H groups in total. The number of fused-ring (bicyclic) bond motifs is 1. The molecule has 0 amide bonds.